The zero-order valence-electron chi connectivity index (χ0n) is 10.8. The molecule has 1 atom stereocenters. The number of aliphatic carboxylic acids is 1. The summed E-state index contributed by atoms with van der Waals surface area (Å²) >= 11 is 0. The normalized spacial score (nSPS) is 12.3. The maximum Gasteiger partial charge on any atom is 0.308 e. The molecule has 0 saturated carbocycles. The zero-order valence-corrected chi connectivity index (χ0v) is 10.8. The van der Waals surface area contributed by atoms with Crippen LogP contribution in [-0.4, -0.2) is 39.9 Å². The van der Waals surface area contributed by atoms with Crippen LogP contribution in [0.2, 0.25) is 0 Å². The van der Waals surface area contributed by atoms with Crippen molar-refractivity contribution < 1.29 is 19.5 Å². The number of rotatable bonds is 5. The third-order valence-corrected chi connectivity index (χ3v) is 2.95. The lowest BCUT2D eigenvalue weighted by Crippen LogP contribution is -2.28. The fourth-order valence-corrected chi connectivity index (χ4v) is 1.88. The fourth-order valence-electron chi connectivity index (χ4n) is 1.88. The summed E-state index contributed by atoms with van der Waals surface area (Å²) in [7, 11) is 1.68. The summed E-state index contributed by atoms with van der Waals surface area (Å²) in [6.45, 7) is 1.80. The largest absolute Gasteiger partial charge is 0.481 e. The van der Waals surface area contributed by atoms with Crippen LogP contribution in [0, 0.1) is 16.0 Å². The Bertz CT molecular complexity index is 668. The summed E-state index contributed by atoms with van der Waals surface area (Å²) in [6.07, 6.45) is 0. The van der Waals surface area contributed by atoms with Gasteiger partial charge in [-0.25, -0.2) is 4.63 Å². The SMILES string of the molecule is CC(CN(C)c1ccc([N+](=O)[O-])c2nonc12)C(=O)O. The van der Waals surface area contributed by atoms with Gasteiger partial charge in [0.2, 0.25) is 5.52 Å². The lowest BCUT2D eigenvalue weighted by atomic mass is 10.1. The Morgan fingerprint density at radius 1 is 1.50 bits per heavy atom. The predicted molar refractivity (Wildman–Crippen MR) is 68.5 cm³/mol. The molecule has 0 fully saturated rings. The minimum atomic E-state index is -0.923. The predicted octanol–water partition coefficient (Wildman–Crippen LogP) is 1.29. The topological polar surface area (TPSA) is 123 Å². The maximum atomic E-state index is 10.9. The summed E-state index contributed by atoms with van der Waals surface area (Å²) in [5.41, 5.74) is 0.603. The maximum absolute atomic E-state index is 10.9. The number of nitrogens with zero attached hydrogens (tertiary/aromatic N) is 4. The number of aromatic nitrogens is 2. The summed E-state index contributed by atoms with van der Waals surface area (Å²) in [6, 6.07) is 2.79. The van der Waals surface area contributed by atoms with Crippen LogP contribution in [0.1, 0.15) is 6.92 Å². The quantitative estimate of drug-likeness (QED) is 0.641. The first kappa shape index (κ1) is 13.7. The van der Waals surface area contributed by atoms with Crippen LogP contribution in [0.3, 0.4) is 0 Å². The van der Waals surface area contributed by atoms with E-state index in [1.54, 1.807) is 18.9 Å². The molecule has 2 rings (SSSR count). The van der Waals surface area contributed by atoms with Crippen molar-refractivity contribution >= 4 is 28.4 Å². The number of carboxylic acid groups (broad SMARTS) is 1. The molecule has 1 unspecified atom stereocenters. The number of nitro groups is 1. The highest BCUT2D eigenvalue weighted by molar-refractivity contribution is 5.93. The van der Waals surface area contributed by atoms with E-state index in [4.69, 9.17) is 5.11 Å². The van der Waals surface area contributed by atoms with Crippen LogP contribution in [0.15, 0.2) is 16.8 Å². The molecule has 0 radical (unpaired) electrons. The highest BCUT2D eigenvalue weighted by atomic mass is 16.6. The van der Waals surface area contributed by atoms with Gasteiger partial charge in [-0.05, 0) is 16.4 Å². The minimum Gasteiger partial charge on any atom is -0.481 e. The second-order valence-corrected chi connectivity index (χ2v) is 4.44. The Morgan fingerprint density at radius 3 is 2.75 bits per heavy atom. The molecule has 0 bridgehead atoms. The Kier molecular flexibility index (Phi) is 3.51. The van der Waals surface area contributed by atoms with Crippen LogP contribution in [-0.2, 0) is 4.79 Å². The summed E-state index contributed by atoms with van der Waals surface area (Å²) < 4.78 is 4.55. The van der Waals surface area contributed by atoms with Crippen LogP contribution in [0.25, 0.3) is 11.0 Å². The second kappa shape index (κ2) is 5.11. The van der Waals surface area contributed by atoms with Crippen molar-refractivity contribution in [3.05, 3.63) is 22.2 Å². The molecule has 0 aliphatic heterocycles. The number of carbonyl (C=O) groups is 1. The molecule has 2 aromatic rings. The number of non-ortho nitro benzene ring substituents is 1. The lowest BCUT2D eigenvalue weighted by Gasteiger charge is -2.21. The van der Waals surface area contributed by atoms with Gasteiger partial charge in [-0.3, -0.25) is 14.9 Å². The van der Waals surface area contributed by atoms with E-state index in [9.17, 15) is 14.9 Å². The molecule has 1 heterocycles. The first-order valence-corrected chi connectivity index (χ1v) is 5.75. The molecule has 0 saturated heterocycles. The molecule has 0 amide bonds. The van der Waals surface area contributed by atoms with E-state index in [2.05, 4.69) is 14.9 Å². The van der Waals surface area contributed by atoms with Crippen molar-refractivity contribution in [3.63, 3.8) is 0 Å². The third kappa shape index (κ3) is 2.37. The summed E-state index contributed by atoms with van der Waals surface area (Å²) in [5.74, 6) is -1.52. The Morgan fingerprint density at radius 2 is 2.15 bits per heavy atom. The number of anilines is 1. The number of fused-ring (bicyclic) bond motifs is 1. The van der Waals surface area contributed by atoms with Gasteiger partial charge in [0.25, 0.3) is 0 Å². The molecule has 106 valence electrons. The molecular formula is C11H12N4O5. The van der Waals surface area contributed by atoms with Crippen LogP contribution in [0.4, 0.5) is 11.4 Å². The molecule has 1 N–H and O–H groups in total. The van der Waals surface area contributed by atoms with E-state index in [0.29, 0.717) is 5.69 Å². The van der Waals surface area contributed by atoms with Gasteiger partial charge in [-0.1, -0.05) is 6.92 Å². The van der Waals surface area contributed by atoms with E-state index in [1.807, 2.05) is 0 Å². The number of nitro benzene ring substituents is 1. The van der Waals surface area contributed by atoms with Crippen molar-refractivity contribution in [2.75, 3.05) is 18.5 Å². The van der Waals surface area contributed by atoms with Gasteiger partial charge in [0.05, 0.1) is 16.5 Å². The van der Waals surface area contributed by atoms with Gasteiger partial charge < -0.3 is 10.0 Å². The van der Waals surface area contributed by atoms with Crippen molar-refractivity contribution in [1.29, 1.82) is 0 Å². The average molecular weight is 280 g/mol. The lowest BCUT2D eigenvalue weighted by molar-refractivity contribution is -0.383. The van der Waals surface area contributed by atoms with Gasteiger partial charge in [-0.2, -0.15) is 0 Å². The molecule has 1 aromatic heterocycles. The zero-order chi connectivity index (χ0) is 14.9. The van der Waals surface area contributed by atoms with Crippen molar-refractivity contribution in [1.82, 2.24) is 10.3 Å². The first-order chi connectivity index (χ1) is 9.41. The molecular weight excluding hydrogens is 268 g/mol. The molecule has 20 heavy (non-hydrogen) atoms. The van der Waals surface area contributed by atoms with Gasteiger partial charge >= 0.3 is 11.7 Å². The van der Waals surface area contributed by atoms with Gasteiger partial charge in [0, 0.05) is 19.7 Å². The van der Waals surface area contributed by atoms with Gasteiger partial charge in [-0.15, -0.1) is 0 Å². The molecule has 0 aliphatic rings. The highest BCUT2D eigenvalue weighted by Gasteiger charge is 2.22. The molecule has 0 spiro atoms. The molecule has 9 heteroatoms. The third-order valence-electron chi connectivity index (χ3n) is 2.95. The standard InChI is InChI=1S/C11H12N4O5/c1-6(11(16)17)5-14(2)7-3-4-8(15(18)19)10-9(7)12-20-13-10/h3-4,6H,5H2,1-2H3,(H,16,17). The average Bonchev–Trinajstić information content (AvgIpc) is 2.85. The van der Waals surface area contributed by atoms with Crippen LogP contribution in [0.5, 0.6) is 0 Å². The highest BCUT2D eigenvalue weighted by Crippen LogP contribution is 2.30. The van der Waals surface area contributed by atoms with E-state index < -0.39 is 16.8 Å². The summed E-state index contributed by atoms with van der Waals surface area (Å²) in [4.78, 5) is 22.8. The number of hydrogen-bond acceptors (Lipinski definition) is 7. The Labute approximate surface area is 112 Å². The summed E-state index contributed by atoms with van der Waals surface area (Å²) in [5, 5.41) is 27.0. The second-order valence-electron chi connectivity index (χ2n) is 4.44. The molecule has 1 aromatic carbocycles. The minimum absolute atomic E-state index is 0.0438. The number of benzene rings is 1. The fraction of sp³-hybridized carbons (Fsp3) is 0.364. The smallest absolute Gasteiger partial charge is 0.308 e. The van der Waals surface area contributed by atoms with E-state index >= 15 is 0 Å². The van der Waals surface area contributed by atoms with Gasteiger partial charge in [0.15, 0.2) is 5.52 Å². The van der Waals surface area contributed by atoms with Crippen LogP contribution < -0.4 is 4.90 Å². The Hall–Kier alpha value is -2.71. The van der Waals surface area contributed by atoms with Crippen LogP contribution >= 0.6 is 0 Å². The van der Waals surface area contributed by atoms with Gasteiger partial charge in [0.1, 0.15) is 0 Å². The van der Waals surface area contributed by atoms with Crippen molar-refractivity contribution in [2.45, 2.75) is 6.92 Å². The van der Waals surface area contributed by atoms with E-state index in [-0.39, 0.29) is 23.3 Å². The monoisotopic (exact) mass is 280 g/mol. The molecule has 0 aliphatic carbocycles. The first-order valence-electron chi connectivity index (χ1n) is 5.75. The molecule has 9 nitrogen and oxygen atoms in total. The number of carboxylic acids is 1. The van der Waals surface area contributed by atoms with Crippen molar-refractivity contribution in [3.8, 4) is 0 Å². The Balaban J connectivity index is 2.41. The van der Waals surface area contributed by atoms with Crippen molar-refractivity contribution in [2.24, 2.45) is 5.92 Å². The van der Waals surface area contributed by atoms with E-state index in [1.165, 1.54) is 12.1 Å². The number of hydrogen-bond donors (Lipinski definition) is 1. The van der Waals surface area contributed by atoms with E-state index in [0.717, 1.165) is 0 Å².